The lowest BCUT2D eigenvalue weighted by Crippen LogP contribution is -2.42. The Morgan fingerprint density at radius 3 is 2.31 bits per heavy atom. The van der Waals surface area contributed by atoms with Gasteiger partial charge in [0.1, 0.15) is 0 Å². The Hall–Kier alpha value is -0.900. The van der Waals surface area contributed by atoms with Crippen LogP contribution in [0.3, 0.4) is 0 Å². The van der Waals surface area contributed by atoms with Crippen LogP contribution in [0.5, 0.6) is 0 Å². The van der Waals surface area contributed by atoms with Gasteiger partial charge in [0.05, 0.1) is 11.5 Å². The van der Waals surface area contributed by atoms with E-state index in [1.165, 1.54) is 5.01 Å². The van der Waals surface area contributed by atoms with E-state index >= 15 is 0 Å². The molecule has 1 amide bonds. The highest BCUT2D eigenvalue weighted by molar-refractivity contribution is 6.07. The molecular formula is C9H17N3O. The fourth-order valence-electron chi connectivity index (χ4n) is 1.35. The molecule has 1 unspecified atom stereocenters. The quantitative estimate of drug-likeness (QED) is 0.646. The van der Waals surface area contributed by atoms with Gasteiger partial charge >= 0.3 is 0 Å². The largest absolute Gasteiger partial charge is 0.329 e. The predicted molar refractivity (Wildman–Crippen MR) is 52.3 cm³/mol. The zero-order valence-corrected chi connectivity index (χ0v) is 8.66. The molecule has 0 bridgehead atoms. The van der Waals surface area contributed by atoms with Crippen LogP contribution < -0.4 is 5.73 Å². The van der Waals surface area contributed by atoms with Crippen molar-refractivity contribution in [3.05, 3.63) is 0 Å². The summed E-state index contributed by atoms with van der Waals surface area (Å²) in [5.41, 5.74) is 6.07. The zero-order chi connectivity index (χ0) is 10.2. The van der Waals surface area contributed by atoms with Gasteiger partial charge in [-0.3, -0.25) is 4.79 Å². The second kappa shape index (κ2) is 3.10. The van der Waals surface area contributed by atoms with Crippen LogP contribution in [0.4, 0.5) is 0 Å². The summed E-state index contributed by atoms with van der Waals surface area (Å²) in [4.78, 5) is 11.7. The van der Waals surface area contributed by atoms with Crippen molar-refractivity contribution in [2.24, 2.45) is 16.8 Å². The predicted octanol–water partition coefficient (Wildman–Crippen LogP) is 0.578. The third-order valence-corrected chi connectivity index (χ3v) is 2.14. The number of hydrogen-bond acceptors (Lipinski definition) is 3. The number of rotatable bonds is 1. The Labute approximate surface area is 78.8 Å². The van der Waals surface area contributed by atoms with Crippen molar-refractivity contribution in [3.63, 3.8) is 0 Å². The summed E-state index contributed by atoms with van der Waals surface area (Å²) in [6.45, 7) is 8.07. The summed E-state index contributed by atoms with van der Waals surface area (Å²) in [5.74, 6) is -0.188. The molecular weight excluding hydrogens is 166 g/mol. The number of carbonyl (C=O) groups excluding carboxylic acids is 1. The topological polar surface area (TPSA) is 58.7 Å². The first kappa shape index (κ1) is 10.2. The number of hydrogen-bond donors (Lipinski definition) is 1. The second-order valence-electron chi connectivity index (χ2n) is 4.35. The van der Waals surface area contributed by atoms with E-state index in [1.54, 1.807) is 0 Å². The van der Waals surface area contributed by atoms with Gasteiger partial charge in [-0.2, -0.15) is 5.10 Å². The van der Waals surface area contributed by atoms with E-state index in [0.717, 1.165) is 5.71 Å². The Kier molecular flexibility index (Phi) is 2.43. The summed E-state index contributed by atoms with van der Waals surface area (Å²) in [6.07, 6.45) is 0. The fraction of sp³-hybridized carbons (Fsp3) is 0.778. The van der Waals surface area contributed by atoms with E-state index in [4.69, 9.17) is 5.73 Å². The van der Waals surface area contributed by atoms with Crippen LogP contribution in [-0.4, -0.2) is 28.7 Å². The Morgan fingerprint density at radius 1 is 1.54 bits per heavy atom. The highest BCUT2D eigenvalue weighted by atomic mass is 16.2. The van der Waals surface area contributed by atoms with Crippen molar-refractivity contribution >= 4 is 11.6 Å². The third-order valence-electron chi connectivity index (χ3n) is 2.14. The molecule has 13 heavy (non-hydrogen) atoms. The van der Waals surface area contributed by atoms with Gasteiger partial charge in [0.15, 0.2) is 0 Å². The molecule has 0 saturated heterocycles. The smallest absolute Gasteiger partial charge is 0.253 e. The molecule has 4 heteroatoms. The molecule has 0 aromatic carbocycles. The molecule has 0 radical (unpaired) electrons. The van der Waals surface area contributed by atoms with Crippen LogP contribution in [-0.2, 0) is 4.79 Å². The lowest BCUT2D eigenvalue weighted by molar-refractivity contribution is -0.135. The minimum Gasteiger partial charge on any atom is -0.329 e. The minimum atomic E-state index is -0.248. The molecule has 0 aromatic heterocycles. The summed E-state index contributed by atoms with van der Waals surface area (Å²) in [6, 6.07) is 0. The summed E-state index contributed by atoms with van der Waals surface area (Å²) < 4.78 is 0. The van der Waals surface area contributed by atoms with Crippen LogP contribution in [0.25, 0.3) is 0 Å². The first-order chi connectivity index (χ1) is 5.88. The molecule has 2 N–H and O–H groups in total. The van der Waals surface area contributed by atoms with Crippen molar-refractivity contribution in [1.29, 1.82) is 0 Å². The molecule has 1 aliphatic rings. The van der Waals surface area contributed by atoms with Crippen LogP contribution in [0.15, 0.2) is 5.10 Å². The van der Waals surface area contributed by atoms with Crippen LogP contribution >= 0.6 is 0 Å². The number of amides is 1. The van der Waals surface area contributed by atoms with Crippen LogP contribution in [0.2, 0.25) is 0 Å². The first-order valence-corrected chi connectivity index (χ1v) is 4.47. The van der Waals surface area contributed by atoms with Crippen LogP contribution in [0.1, 0.15) is 27.7 Å². The average Bonchev–Trinajstić information content (AvgIpc) is 2.25. The SMILES string of the molecule is CC1=NN(C(C)(C)C)C(=O)C1CN. The van der Waals surface area contributed by atoms with Crippen molar-refractivity contribution in [3.8, 4) is 0 Å². The Morgan fingerprint density at radius 2 is 2.08 bits per heavy atom. The number of hydrazone groups is 1. The number of carbonyl (C=O) groups is 1. The van der Waals surface area contributed by atoms with Gasteiger partial charge in [0.25, 0.3) is 5.91 Å². The van der Waals surface area contributed by atoms with E-state index in [-0.39, 0.29) is 17.4 Å². The van der Waals surface area contributed by atoms with Crippen molar-refractivity contribution < 1.29 is 4.79 Å². The maximum atomic E-state index is 11.7. The van der Waals surface area contributed by atoms with Gasteiger partial charge in [0, 0.05) is 12.3 Å². The van der Waals surface area contributed by atoms with Gasteiger partial charge < -0.3 is 5.73 Å². The summed E-state index contributed by atoms with van der Waals surface area (Å²) >= 11 is 0. The highest BCUT2D eigenvalue weighted by Gasteiger charge is 2.37. The zero-order valence-electron chi connectivity index (χ0n) is 8.66. The maximum Gasteiger partial charge on any atom is 0.253 e. The van der Waals surface area contributed by atoms with Gasteiger partial charge in [-0.15, -0.1) is 0 Å². The molecule has 4 nitrogen and oxygen atoms in total. The van der Waals surface area contributed by atoms with E-state index in [9.17, 15) is 4.79 Å². The molecule has 0 aromatic rings. The molecule has 74 valence electrons. The van der Waals surface area contributed by atoms with E-state index in [2.05, 4.69) is 5.10 Å². The molecule has 1 heterocycles. The molecule has 1 atom stereocenters. The third kappa shape index (κ3) is 1.72. The monoisotopic (exact) mass is 183 g/mol. The van der Waals surface area contributed by atoms with E-state index in [0.29, 0.717) is 6.54 Å². The van der Waals surface area contributed by atoms with Crippen molar-refractivity contribution in [1.82, 2.24) is 5.01 Å². The minimum absolute atomic E-state index is 0.0208. The lowest BCUT2D eigenvalue weighted by Gasteiger charge is -2.28. The maximum absolute atomic E-state index is 11.7. The van der Waals surface area contributed by atoms with Crippen molar-refractivity contribution in [2.45, 2.75) is 33.2 Å². The second-order valence-corrected chi connectivity index (χ2v) is 4.35. The lowest BCUT2D eigenvalue weighted by atomic mass is 10.0. The Balaban J connectivity index is 2.90. The fourth-order valence-corrected chi connectivity index (χ4v) is 1.35. The summed E-state index contributed by atoms with van der Waals surface area (Å²) in [7, 11) is 0. The van der Waals surface area contributed by atoms with Crippen molar-refractivity contribution in [2.75, 3.05) is 6.54 Å². The summed E-state index contributed by atoms with van der Waals surface area (Å²) in [5, 5.41) is 5.74. The number of nitrogens with zero attached hydrogens (tertiary/aromatic N) is 2. The first-order valence-electron chi connectivity index (χ1n) is 4.47. The molecule has 1 aliphatic heterocycles. The Bertz CT molecular complexity index is 252. The molecule has 0 aliphatic carbocycles. The molecule has 1 rings (SSSR count). The molecule has 0 fully saturated rings. The van der Waals surface area contributed by atoms with E-state index in [1.807, 2.05) is 27.7 Å². The van der Waals surface area contributed by atoms with Gasteiger partial charge in [-0.05, 0) is 27.7 Å². The van der Waals surface area contributed by atoms with Gasteiger partial charge in [-0.25, -0.2) is 5.01 Å². The highest BCUT2D eigenvalue weighted by Crippen LogP contribution is 2.23. The van der Waals surface area contributed by atoms with Gasteiger partial charge in [0.2, 0.25) is 0 Å². The van der Waals surface area contributed by atoms with E-state index < -0.39 is 0 Å². The molecule has 0 spiro atoms. The average molecular weight is 183 g/mol. The normalized spacial score (nSPS) is 23.8. The number of nitrogens with two attached hydrogens (primary N) is 1. The molecule has 0 saturated carbocycles. The van der Waals surface area contributed by atoms with Gasteiger partial charge in [-0.1, -0.05) is 0 Å². The van der Waals surface area contributed by atoms with Crippen LogP contribution in [0, 0.1) is 5.92 Å². The standard InChI is InChI=1S/C9H17N3O/c1-6-7(5-10)8(13)12(11-6)9(2,3)4/h7H,5,10H2,1-4H3.